The van der Waals surface area contributed by atoms with E-state index >= 15 is 0 Å². The van der Waals surface area contributed by atoms with Gasteiger partial charge in [-0.2, -0.15) is 0 Å². The van der Waals surface area contributed by atoms with Crippen molar-refractivity contribution in [1.82, 2.24) is 30.1 Å². The number of rotatable bonds is 12. The van der Waals surface area contributed by atoms with Crippen molar-refractivity contribution >= 4 is 10.9 Å². The topological polar surface area (TPSA) is 107 Å². The van der Waals surface area contributed by atoms with Gasteiger partial charge in [-0.1, -0.05) is 24.6 Å². The molecular weight excluding hydrogens is 520 g/mol. The minimum atomic E-state index is -0.0964. The summed E-state index contributed by atoms with van der Waals surface area (Å²) in [6, 6.07) is 12.1. The fourth-order valence-corrected chi connectivity index (χ4v) is 5.89. The van der Waals surface area contributed by atoms with Crippen molar-refractivity contribution in [3.8, 4) is 11.5 Å². The molecule has 1 fully saturated rings. The molecule has 1 N–H and O–H groups in total. The number of nitrogens with zero attached hydrogens (tertiary/aromatic N) is 5. The van der Waals surface area contributed by atoms with E-state index in [4.69, 9.17) is 14.2 Å². The number of aromatic nitrogens is 5. The first kappa shape index (κ1) is 28.8. The van der Waals surface area contributed by atoms with Crippen LogP contribution in [0.15, 0.2) is 41.2 Å². The molecule has 1 saturated heterocycles. The summed E-state index contributed by atoms with van der Waals surface area (Å²) in [6.07, 6.45) is 3.70. The second kappa shape index (κ2) is 12.8. The number of aromatic amines is 1. The number of hydrogen-bond acceptors (Lipinski definition) is 8. The second-order valence-electron chi connectivity index (χ2n) is 10.9. The zero-order chi connectivity index (χ0) is 28.9. The third-order valence-electron chi connectivity index (χ3n) is 7.97. The van der Waals surface area contributed by atoms with Gasteiger partial charge < -0.3 is 19.2 Å². The normalized spacial score (nSPS) is 16.0. The van der Waals surface area contributed by atoms with Gasteiger partial charge in [0.2, 0.25) is 0 Å². The Bertz CT molecular complexity index is 1540. The molecule has 0 saturated carbocycles. The van der Waals surface area contributed by atoms with E-state index in [0.717, 1.165) is 65.7 Å². The van der Waals surface area contributed by atoms with Gasteiger partial charge in [0.05, 0.1) is 38.4 Å². The first-order valence-corrected chi connectivity index (χ1v) is 14.4. The molecule has 10 nitrogen and oxygen atoms in total. The highest BCUT2D eigenvalue weighted by Crippen LogP contribution is 2.30. The van der Waals surface area contributed by atoms with Crippen molar-refractivity contribution < 1.29 is 14.2 Å². The van der Waals surface area contributed by atoms with Gasteiger partial charge in [0.25, 0.3) is 5.56 Å². The van der Waals surface area contributed by atoms with Crippen molar-refractivity contribution in [2.75, 3.05) is 27.4 Å². The van der Waals surface area contributed by atoms with Crippen molar-refractivity contribution in [2.24, 2.45) is 0 Å². The number of methoxy groups -OCH3 is 2. The van der Waals surface area contributed by atoms with Crippen molar-refractivity contribution in [2.45, 2.75) is 71.7 Å². The van der Waals surface area contributed by atoms with Gasteiger partial charge in [0.15, 0.2) is 17.3 Å². The van der Waals surface area contributed by atoms with Crippen LogP contribution in [0.3, 0.4) is 0 Å². The van der Waals surface area contributed by atoms with Gasteiger partial charge in [-0.3, -0.25) is 9.69 Å². The average molecular weight is 561 g/mol. The molecule has 218 valence electrons. The van der Waals surface area contributed by atoms with Gasteiger partial charge >= 0.3 is 0 Å². The van der Waals surface area contributed by atoms with E-state index in [2.05, 4.69) is 57.5 Å². The molecule has 0 amide bonds. The van der Waals surface area contributed by atoms with Crippen LogP contribution < -0.4 is 15.0 Å². The van der Waals surface area contributed by atoms with Crippen LogP contribution >= 0.6 is 0 Å². The summed E-state index contributed by atoms with van der Waals surface area (Å²) in [7, 11) is 3.28. The quantitative estimate of drug-likeness (QED) is 0.270. The number of hydrogen-bond donors (Lipinski definition) is 1. The number of fused-ring (bicyclic) bond motifs is 1. The first-order chi connectivity index (χ1) is 19.9. The highest BCUT2D eigenvalue weighted by Gasteiger charge is 2.28. The van der Waals surface area contributed by atoms with Gasteiger partial charge in [-0.25, -0.2) is 4.68 Å². The molecule has 5 rings (SSSR count). The summed E-state index contributed by atoms with van der Waals surface area (Å²) < 4.78 is 18.7. The van der Waals surface area contributed by atoms with Crippen LogP contribution in [0.4, 0.5) is 0 Å². The largest absolute Gasteiger partial charge is 0.493 e. The van der Waals surface area contributed by atoms with E-state index in [-0.39, 0.29) is 17.7 Å². The molecule has 0 aliphatic carbocycles. The molecule has 2 aromatic carbocycles. The van der Waals surface area contributed by atoms with E-state index in [1.807, 2.05) is 29.8 Å². The summed E-state index contributed by atoms with van der Waals surface area (Å²) in [5.74, 6) is 2.18. The molecule has 0 unspecified atom stereocenters. The van der Waals surface area contributed by atoms with Gasteiger partial charge in [0.1, 0.15) is 0 Å². The second-order valence-corrected chi connectivity index (χ2v) is 10.9. The summed E-state index contributed by atoms with van der Waals surface area (Å²) in [6.45, 7) is 8.78. The lowest BCUT2D eigenvalue weighted by Gasteiger charge is -2.30. The fraction of sp³-hybridized carbons (Fsp3) is 0.484. The lowest BCUT2D eigenvalue weighted by molar-refractivity contribution is 0.0893. The Morgan fingerprint density at radius 2 is 1.98 bits per heavy atom. The predicted octanol–water partition coefficient (Wildman–Crippen LogP) is 4.52. The maximum absolute atomic E-state index is 13.4. The summed E-state index contributed by atoms with van der Waals surface area (Å²) >= 11 is 0. The number of ether oxygens (including phenoxy) is 3. The van der Waals surface area contributed by atoms with Crippen LogP contribution in [0.5, 0.6) is 11.5 Å². The maximum atomic E-state index is 13.4. The number of nitrogens with one attached hydrogen (secondary N) is 1. The molecule has 1 aliphatic rings. The highest BCUT2D eigenvalue weighted by atomic mass is 16.5. The summed E-state index contributed by atoms with van der Waals surface area (Å²) in [5.41, 5.74) is 4.86. The van der Waals surface area contributed by atoms with Gasteiger partial charge in [-0.05, 0) is 90.7 Å². The number of pyridine rings is 1. The van der Waals surface area contributed by atoms with Crippen molar-refractivity contribution in [3.05, 3.63) is 74.8 Å². The first-order valence-electron chi connectivity index (χ1n) is 14.4. The van der Waals surface area contributed by atoms with Gasteiger partial charge in [-0.15, -0.1) is 5.10 Å². The molecule has 0 radical (unpaired) electrons. The van der Waals surface area contributed by atoms with Crippen LogP contribution in [0.1, 0.15) is 60.3 Å². The predicted molar refractivity (Wildman–Crippen MR) is 158 cm³/mol. The lowest BCUT2D eigenvalue weighted by atomic mass is 10.0. The SMILES string of the molecule is CC[C@H](c1nnnn1C[C@@H]1CCCO1)N(CCc1ccc(OC)c(OC)c1)Cc1cc2cc(C)cc(C)c2[nH]c1=O. The molecule has 1 aliphatic heterocycles. The van der Waals surface area contributed by atoms with Crippen molar-refractivity contribution in [1.29, 1.82) is 0 Å². The summed E-state index contributed by atoms with van der Waals surface area (Å²) in [5, 5.41) is 13.9. The minimum Gasteiger partial charge on any atom is -0.493 e. The molecule has 41 heavy (non-hydrogen) atoms. The van der Waals surface area contributed by atoms with E-state index < -0.39 is 0 Å². The molecule has 2 atom stereocenters. The number of benzene rings is 2. The fourth-order valence-electron chi connectivity index (χ4n) is 5.89. The molecule has 0 spiro atoms. The number of H-pyrrole nitrogens is 1. The molecule has 3 heterocycles. The molecule has 0 bridgehead atoms. The monoisotopic (exact) mass is 560 g/mol. The minimum absolute atomic E-state index is 0.0747. The summed E-state index contributed by atoms with van der Waals surface area (Å²) in [4.78, 5) is 18.8. The molecular formula is C31H40N6O4. The Morgan fingerprint density at radius 1 is 1.15 bits per heavy atom. The Kier molecular flexibility index (Phi) is 8.99. The van der Waals surface area contributed by atoms with E-state index in [9.17, 15) is 4.79 Å². The van der Waals surface area contributed by atoms with Crippen molar-refractivity contribution in [3.63, 3.8) is 0 Å². The maximum Gasteiger partial charge on any atom is 0.252 e. The lowest BCUT2D eigenvalue weighted by Crippen LogP contribution is -2.34. The molecule has 10 heteroatoms. The van der Waals surface area contributed by atoms with Crippen LogP contribution in [0, 0.1) is 13.8 Å². The third-order valence-corrected chi connectivity index (χ3v) is 7.97. The Balaban J connectivity index is 1.48. The standard InChI is InChI=1S/C31H40N6O4/c1-6-26(30-33-34-35-37(30)19-25-8-7-13-41-25)36(12-11-22-9-10-27(39-4)28(16-22)40-5)18-24-17-23-15-20(2)14-21(3)29(23)32-31(24)38/h9-10,14-17,25-26H,6-8,11-13,18-19H2,1-5H3,(H,32,38)/t25-,26+/m0/s1. The number of tetrazole rings is 1. The average Bonchev–Trinajstić information content (AvgIpc) is 3.65. The van der Waals surface area contributed by atoms with Crippen LogP contribution in [0.2, 0.25) is 0 Å². The highest BCUT2D eigenvalue weighted by molar-refractivity contribution is 5.82. The zero-order valence-electron chi connectivity index (χ0n) is 24.6. The van der Waals surface area contributed by atoms with E-state index in [1.54, 1.807) is 14.2 Å². The van der Waals surface area contributed by atoms with Crippen LogP contribution in [-0.2, 0) is 24.2 Å². The van der Waals surface area contributed by atoms with Crippen LogP contribution in [0.25, 0.3) is 10.9 Å². The zero-order valence-corrected chi connectivity index (χ0v) is 24.6. The molecule has 4 aromatic rings. The number of aryl methyl sites for hydroxylation is 2. The van der Waals surface area contributed by atoms with E-state index in [1.165, 1.54) is 0 Å². The molecule has 2 aromatic heterocycles. The van der Waals surface area contributed by atoms with Crippen LogP contribution in [-0.4, -0.2) is 63.6 Å². The Morgan fingerprint density at radius 3 is 2.71 bits per heavy atom. The third kappa shape index (κ3) is 6.44. The Hall–Kier alpha value is -3.76. The van der Waals surface area contributed by atoms with Gasteiger partial charge in [0, 0.05) is 25.3 Å². The Labute approximate surface area is 240 Å². The van der Waals surface area contributed by atoms with E-state index in [0.29, 0.717) is 36.7 Å². The smallest absolute Gasteiger partial charge is 0.252 e.